The standard InChI is InChI=1S/C23H44N6O7/c1-14(2)13-18(29-20(32)15(26)7-3-5-11-24)22(34)27-16(9-10-19(30)31)21(33)28-17(23(35)36)8-4-6-12-25/h14-18H,3-13,24-26H2,1-2H3,(H,27,34)(H,28,33)(H,29,32)(H,30,31)(H,35,36). The Kier molecular flexibility index (Phi) is 17.1. The summed E-state index contributed by atoms with van der Waals surface area (Å²) in [6.45, 7) is 4.54. The molecule has 13 nitrogen and oxygen atoms in total. The third-order valence-corrected chi connectivity index (χ3v) is 5.49. The number of amides is 3. The molecule has 0 rings (SSSR count). The maximum Gasteiger partial charge on any atom is 0.326 e. The highest BCUT2D eigenvalue weighted by atomic mass is 16.4. The van der Waals surface area contributed by atoms with Crippen molar-refractivity contribution in [1.82, 2.24) is 16.0 Å². The van der Waals surface area contributed by atoms with E-state index in [4.69, 9.17) is 22.3 Å². The van der Waals surface area contributed by atoms with E-state index < -0.39 is 60.2 Å². The van der Waals surface area contributed by atoms with Gasteiger partial charge in [-0.05, 0) is 64.0 Å². The summed E-state index contributed by atoms with van der Waals surface area (Å²) in [4.78, 5) is 61.1. The second kappa shape index (κ2) is 18.5. The van der Waals surface area contributed by atoms with Gasteiger partial charge in [-0.1, -0.05) is 20.3 Å². The molecule has 0 aliphatic heterocycles. The zero-order chi connectivity index (χ0) is 27.7. The van der Waals surface area contributed by atoms with E-state index >= 15 is 0 Å². The van der Waals surface area contributed by atoms with Crippen LogP contribution in [0.5, 0.6) is 0 Å². The highest BCUT2D eigenvalue weighted by Gasteiger charge is 2.30. The lowest BCUT2D eigenvalue weighted by molar-refractivity contribution is -0.143. The van der Waals surface area contributed by atoms with Crippen molar-refractivity contribution >= 4 is 29.7 Å². The molecule has 0 saturated heterocycles. The van der Waals surface area contributed by atoms with Crippen LogP contribution < -0.4 is 33.2 Å². The lowest BCUT2D eigenvalue weighted by Gasteiger charge is -2.26. The fraction of sp³-hybridized carbons (Fsp3) is 0.783. The Morgan fingerprint density at radius 3 is 1.69 bits per heavy atom. The minimum atomic E-state index is -1.31. The van der Waals surface area contributed by atoms with Crippen LogP contribution >= 0.6 is 0 Å². The van der Waals surface area contributed by atoms with Crippen molar-refractivity contribution in [2.75, 3.05) is 13.1 Å². The fourth-order valence-corrected chi connectivity index (χ4v) is 3.45. The van der Waals surface area contributed by atoms with Gasteiger partial charge in [-0.25, -0.2) is 4.79 Å². The van der Waals surface area contributed by atoms with Gasteiger partial charge in [-0.15, -0.1) is 0 Å². The second-order valence-electron chi connectivity index (χ2n) is 9.26. The molecule has 36 heavy (non-hydrogen) atoms. The molecule has 0 aromatic heterocycles. The quantitative estimate of drug-likeness (QED) is 0.0919. The molecule has 0 aromatic rings. The van der Waals surface area contributed by atoms with E-state index in [1.807, 2.05) is 13.8 Å². The Morgan fingerprint density at radius 1 is 0.694 bits per heavy atom. The number of carboxylic acid groups (broad SMARTS) is 2. The lowest BCUT2D eigenvalue weighted by atomic mass is 10.0. The number of hydrogen-bond donors (Lipinski definition) is 8. The van der Waals surface area contributed by atoms with Crippen molar-refractivity contribution in [1.29, 1.82) is 0 Å². The Labute approximate surface area is 212 Å². The molecule has 0 radical (unpaired) electrons. The number of rotatable bonds is 20. The monoisotopic (exact) mass is 516 g/mol. The first-order chi connectivity index (χ1) is 16.9. The van der Waals surface area contributed by atoms with Crippen LogP contribution in [0, 0.1) is 5.92 Å². The summed E-state index contributed by atoms with van der Waals surface area (Å²) in [6.07, 6.45) is 2.48. The summed E-state index contributed by atoms with van der Waals surface area (Å²) in [5.41, 5.74) is 16.8. The number of aliphatic carboxylic acids is 2. The molecule has 0 aliphatic rings. The number of hydrogen-bond acceptors (Lipinski definition) is 8. The largest absolute Gasteiger partial charge is 0.481 e. The summed E-state index contributed by atoms with van der Waals surface area (Å²) in [5.74, 6) is -4.47. The molecule has 0 bridgehead atoms. The van der Waals surface area contributed by atoms with Gasteiger partial charge in [-0.3, -0.25) is 19.2 Å². The van der Waals surface area contributed by atoms with Crippen molar-refractivity contribution in [3.05, 3.63) is 0 Å². The topological polar surface area (TPSA) is 240 Å². The smallest absolute Gasteiger partial charge is 0.326 e. The summed E-state index contributed by atoms with van der Waals surface area (Å²) in [7, 11) is 0. The molecule has 0 aliphatic carbocycles. The molecular weight excluding hydrogens is 472 g/mol. The number of nitrogens with one attached hydrogen (secondary N) is 3. The van der Waals surface area contributed by atoms with E-state index in [0.29, 0.717) is 45.2 Å². The van der Waals surface area contributed by atoms with Gasteiger partial charge in [0, 0.05) is 6.42 Å². The van der Waals surface area contributed by atoms with E-state index in [2.05, 4.69) is 16.0 Å². The van der Waals surface area contributed by atoms with E-state index in [9.17, 15) is 29.1 Å². The van der Waals surface area contributed by atoms with Gasteiger partial charge in [-0.2, -0.15) is 0 Å². The van der Waals surface area contributed by atoms with Crippen LogP contribution in [0.4, 0.5) is 0 Å². The number of carboxylic acids is 2. The Morgan fingerprint density at radius 2 is 1.19 bits per heavy atom. The van der Waals surface area contributed by atoms with E-state index in [0.717, 1.165) is 0 Å². The number of carbonyl (C=O) groups is 5. The first-order valence-electron chi connectivity index (χ1n) is 12.4. The van der Waals surface area contributed by atoms with Gasteiger partial charge in [0.05, 0.1) is 6.04 Å². The molecular formula is C23H44N6O7. The Balaban J connectivity index is 5.47. The van der Waals surface area contributed by atoms with Crippen LogP contribution in [0.15, 0.2) is 0 Å². The summed E-state index contributed by atoms with van der Waals surface area (Å²) < 4.78 is 0. The molecule has 0 spiro atoms. The highest BCUT2D eigenvalue weighted by molar-refractivity contribution is 5.94. The summed E-state index contributed by atoms with van der Waals surface area (Å²) in [6, 6.07) is -4.38. The third-order valence-electron chi connectivity index (χ3n) is 5.49. The average molecular weight is 517 g/mol. The van der Waals surface area contributed by atoms with Crippen molar-refractivity contribution in [3.8, 4) is 0 Å². The van der Waals surface area contributed by atoms with Gasteiger partial charge in [0.25, 0.3) is 0 Å². The minimum absolute atomic E-state index is 0.000234. The van der Waals surface area contributed by atoms with Crippen LogP contribution in [0.2, 0.25) is 0 Å². The molecule has 13 heteroatoms. The second-order valence-corrected chi connectivity index (χ2v) is 9.26. The lowest BCUT2D eigenvalue weighted by Crippen LogP contribution is -2.57. The number of unbranched alkanes of at least 4 members (excludes halogenated alkanes) is 2. The van der Waals surface area contributed by atoms with Crippen molar-refractivity contribution in [2.24, 2.45) is 23.1 Å². The summed E-state index contributed by atoms with van der Waals surface area (Å²) in [5, 5.41) is 26.0. The van der Waals surface area contributed by atoms with Gasteiger partial charge >= 0.3 is 11.9 Å². The van der Waals surface area contributed by atoms with Crippen molar-refractivity contribution < 1.29 is 34.2 Å². The van der Waals surface area contributed by atoms with Gasteiger partial charge in [0.2, 0.25) is 17.7 Å². The van der Waals surface area contributed by atoms with E-state index in [1.165, 1.54) is 0 Å². The molecule has 4 atom stereocenters. The van der Waals surface area contributed by atoms with E-state index in [-0.39, 0.29) is 25.2 Å². The number of carbonyl (C=O) groups excluding carboxylic acids is 3. The minimum Gasteiger partial charge on any atom is -0.481 e. The molecule has 4 unspecified atom stereocenters. The Hall–Kier alpha value is -2.77. The zero-order valence-corrected chi connectivity index (χ0v) is 21.3. The molecule has 0 fully saturated rings. The van der Waals surface area contributed by atoms with Crippen molar-refractivity contribution in [3.63, 3.8) is 0 Å². The molecule has 0 heterocycles. The van der Waals surface area contributed by atoms with Crippen LogP contribution in [0.1, 0.15) is 71.6 Å². The SMILES string of the molecule is CC(C)CC(NC(=O)C(N)CCCCN)C(=O)NC(CCC(=O)O)C(=O)NC(CCCCN)C(=O)O. The van der Waals surface area contributed by atoms with Crippen LogP contribution in [-0.2, 0) is 24.0 Å². The van der Waals surface area contributed by atoms with Gasteiger partial charge in [0.15, 0.2) is 0 Å². The molecule has 3 amide bonds. The molecule has 208 valence electrons. The zero-order valence-electron chi connectivity index (χ0n) is 21.3. The highest BCUT2D eigenvalue weighted by Crippen LogP contribution is 2.09. The number of nitrogens with two attached hydrogens (primary N) is 3. The average Bonchev–Trinajstić information content (AvgIpc) is 2.79. The van der Waals surface area contributed by atoms with Crippen LogP contribution in [0.3, 0.4) is 0 Å². The third kappa shape index (κ3) is 14.6. The molecule has 0 saturated carbocycles. The predicted octanol–water partition coefficient (Wildman–Crippen LogP) is -0.978. The van der Waals surface area contributed by atoms with E-state index in [1.54, 1.807) is 0 Å². The van der Waals surface area contributed by atoms with Crippen LogP contribution in [-0.4, -0.2) is 77.1 Å². The maximum atomic E-state index is 13.0. The molecule has 11 N–H and O–H groups in total. The van der Waals surface area contributed by atoms with Gasteiger partial charge in [0.1, 0.15) is 18.1 Å². The normalized spacial score (nSPS) is 14.4. The molecule has 0 aromatic carbocycles. The summed E-state index contributed by atoms with van der Waals surface area (Å²) >= 11 is 0. The van der Waals surface area contributed by atoms with Crippen LogP contribution in [0.25, 0.3) is 0 Å². The first-order valence-corrected chi connectivity index (χ1v) is 12.4. The van der Waals surface area contributed by atoms with Crippen molar-refractivity contribution in [2.45, 2.75) is 95.8 Å². The maximum absolute atomic E-state index is 13.0. The Bertz CT molecular complexity index is 719. The fourth-order valence-electron chi connectivity index (χ4n) is 3.45. The first kappa shape index (κ1) is 33.2. The van der Waals surface area contributed by atoms with Gasteiger partial charge < -0.3 is 43.4 Å². The predicted molar refractivity (Wildman–Crippen MR) is 134 cm³/mol.